The Balaban J connectivity index is 2.15. The van der Waals surface area contributed by atoms with Gasteiger partial charge in [0.1, 0.15) is 6.29 Å². The summed E-state index contributed by atoms with van der Waals surface area (Å²) in [4.78, 5) is 57.2. The average molecular weight is 428 g/mol. The molecule has 0 heterocycles. The predicted molar refractivity (Wildman–Crippen MR) is 117 cm³/mol. The van der Waals surface area contributed by atoms with Gasteiger partial charge >= 0.3 is 8.56 Å². The van der Waals surface area contributed by atoms with Gasteiger partial charge in [-0.2, -0.15) is 0 Å². The first-order valence-electron chi connectivity index (χ1n) is 9.98. The molecule has 0 aliphatic carbocycles. The van der Waals surface area contributed by atoms with Crippen molar-refractivity contribution >= 4 is 27.0 Å². The molecular formula is C23H29NO5Si. The topological polar surface area (TPSA) is 104 Å². The van der Waals surface area contributed by atoms with Crippen molar-refractivity contribution in [2.24, 2.45) is 11.3 Å². The Kier molecular flexibility index (Phi) is 8.22. The zero-order valence-electron chi connectivity index (χ0n) is 17.4. The third-order valence-corrected chi connectivity index (χ3v) is 6.98. The van der Waals surface area contributed by atoms with E-state index in [2.05, 4.69) is 5.32 Å². The number of carbonyl (C=O) groups excluding carboxylic acids is 3. The van der Waals surface area contributed by atoms with Crippen molar-refractivity contribution in [1.29, 1.82) is 0 Å². The van der Waals surface area contributed by atoms with E-state index in [1.807, 2.05) is 44.2 Å². The normalized spacial score (nSPS) is 13.5. The Morgan fingerprint density at radius 3 is 2.30 bits per heavy atom. The lowest BCUT2D eigenvalue weighted by atomic mass is 9.78. The summed E-state index contributed by atoms with van der Waals surface area (Å²) < 4.78 is 0. The van der Waals surface area contributed by atoms with Gasteiger partial charge in [0.05, 0.1) is 6.17 Å². The number of hydrogen-bond donors (Lipinski definition) is 3. The van der Waals surface area contributed by atoms with Gasteiger partial charge in [0.25, 0.3) is 5.91 Å². The molecule has 0 fully saturated rings. The molecule has 0 bridgehead atoms. The molecule has 0 saturated heterocycles. The number of aldehydes is 2. The minimum absolute atomic E-state index is 0.0911. The van der Waals surface area contributed by atoms with Crippen molar-refractivity contribution in [3.8, 4) is 0 Å². The third-order valence-electron chi connectivity index (χ3n) is 4.96. The highest BCUT2D eigenvalue weighted by Gasteiger charge is 2.43. The van der Waals surface area contributed by atoms with Gasteiger partial charge in [-0.1, -0.05) is 62.4 Å². The largest absolute Gasteiger partial charge is 0.410 e. The van der Waals surface area contributed by atoms with Crippen LogP contribution in [0.2, 0.25) is 6.04 Å². The summed E-state index contributed by atoms with van der Waals surface area (Å²) in [6.07, 6.45) is 1.98. The highest BCUT2D eigenvalue weighted by atomic mass is 28.4. The second-order valence-electron chi connectivity index (χ2n) is 8.29. The van der Waals surface area contributed by atoms with Crippen LogP contribution in [0.15, 0.2) is 54.6 Å². The summed E-state index contributed by atoms with van der Waals surface area (Å²) in [6.45, 7) is 3.97. The molecule has 160 valence electrons. The molecule has 1 unspecified atom stereocenters. The van der Waals surface area contributed by atoms with E-state index in [9.17, 15) is 24.0 Å². The molecule has 1 amide bonds. The molecule has 0 radical (unpaired) electrons. The maximum Gasteiger partial charge on any atom is 0.353 e. The number of benzene rings is 2. The van der Waals surface area contributed by atoms with Crippen LogP contribution >= 0.6 is 0 Å². The van der Waals surface area contributed by atoms with Crippen LogP contribution in [0.3, 0.4) is 0 Å². The van der Waals surface area contributed by atoms with Crippen LogP contribution in [0.4, 0.5) is 0 Å². The van der Waals surface area contributed by atoms with E-state index < -0.39 is 19.9 Å². The van der Waals surface area contributed by atoms with Crippen LogP contribution in [-0.4, -0.2) is 42.8 Å². The third kappa shape index (κ3) is 6.72. The number of carbonyl (C=O) groups is 3. The number of nitrogens with one attached hydrogen (secondary N) is 1. The molecular weight excluding hydrogens is 398 g/mol. The zero-order chi connectivity index (χ0) is 22.2. The molecule has 0 aliphatic rings. The first kappa shape index (κ1) is 23.7. The molecule has 30 heavy (non-hydrogen) atoms. The Labute approximate surface area is 178 Å². The molecule has 0 spiro atoms. The van der Waals surface area contributed by atoms with E-state index in [0.29, 0.717) is 19.1 Å². The maximum absolute atomic E-state index is 12.4. The van der Waals surface area contributed by atoms with Crippen LogP contribution < -0.4 is 5.32 Å². The molecule has 3 N–H and O–H groups in total. The van der Waals surface area contributed by atoms with Gasteiger partial charge in [0.2, 0.25) is 0 Å². The Morgan fingerprint density at radius 1 is 1.07 bits per heavy atom. The van der Waals surface area contributed by atoms with Gasteiger partial charge in [-0.25, -0.2) is 0 Å². The molecule has 2 aromatic carbocycles. The first-order valence-corrected chi connectivity index (χ1v) is 12.3. The van der Waals surface area contributed by atoms with Crippen molar-refractivity contribution in [2.75, 3.05) is 6.17 Å². The number of rotatable bonds is 11. The zero-order valence-corrected chi connectivity index (χ0v) is 18.4. The first-order chi connectivity index (χ1) is 14.2. The molecule has 0 saturated carbocycles. The lowest BCUT2D eigenvalue weighted by molar-refractivity contribution is -0.116. The van der Waals surface area contributed by atoms with E-state index >= 15 is 0 Å². The van der Waals surface area contributed by atoms with Crippen molar-refractivity contribution in [1.82, 2.24) is 5.32 Å². The molecule has 2 aromatic rings. The quantitative estimate of drug-likeness (QED) is 0.378. The highest BCUT2D eigenvalue weighted by Crippen LogP contribution is 2.36. The van der Waals surface area contributed by atoms with E-state index in [1.165, 1.54) is 12.1 Å². The van der Waals surface area contributed by atoms with Gasteiger partial charge in [-0.15, -0.1) is 0 Å². The Hall–Kier alpha value is -2.61. The van der Waals surface area contributed by atoms with Gasteiger partial charge in [0.15, 0.2) is 6.29 Å². The molecule has 0 aliphatic heterocycles. The SMILES string of the molecule is CC(C)CC(C=O)(Cc1ccccc1)C[Si](O)(O)CNC(=O)c1ccccc1C=O. The van der Waals surface area contributed by atoms with Crippen LogP contribution in [0, 0.1) is 11.3 Å². The summed E-state index contributed by atoms with van der Waals surface area (Å²) >= 11 is 0. The van der Waals surface area contributed by atoms with E-state index in [4.69, 9.17) is 0 Å². The molecule has 1 atom stereocenters. The Bertz CT molecular complexity index is 869. The van der Waals surface area contributed by atoms with E-state index in [1.54, 1.807) is 12.1 Å². The van der Waals surface area contributed by atoms with Crippen molar-refractivity contribution in [3.63, 3.8) is 0 Å². The van der Waals surface area contributed by atoms with Crippen molar-refractivity contribution in [2.45, 2.75) is 32.7 Å². The maximum atomic E-state index is 12.4. The van der Waals surface area contributed by atoms with Crippen molar-refractivity contribution < 1.29 is 24.0 Å². The van der Waals surface area contributed by atoms with Gasteiger partial charge < -0.3 is 19.7 Å². The monoisotopic (exact) mass is 427 g/mol. The standard InChI is InChI=1S/C23H29NO5Si/c1-18(2)12-23(15-26,13-19-8-4-3-5-9-19)16-30(28,29)17-24-22(27)21-11-7-6-10-20(21)14-25/h3-11,14-15,18,28-29H,12-13,16-17H2,1-2H3,(H,24,27). The molecule has 0 aromatic heterocycles. The smallest absolute Gasteiger partial charge is 0.353 e. The fourth-order valence-corrected chi connectivity index (χ4v) is 5.95. The second kappa shape index (κ2) is 10.4. The van der Waals surface area contributed by atoms with Crippen molar-refractivity contribution in [3.05, 3.63) is 71.3 Å². The second-order valence-corrected chi connectivity index (χ2v) is 11.0. The minimum Gasteiger partial charge on any atom is -0.410 e. The fraction of sp³-hybridized carbons (Fsp3) is 0.348. The Morgan fingerprint density at radius 2 is 1.70 bits per heavy atom. The van der Waals surface area contributed by atoms with Crippen LogP contribution in [0.25, 0.3) is 0 Å². The number of hydrogen-bond acceptors (Lipinski definition) is 5. The van der Waals surface area contributed by atoms with Gasteiger partial charge in [-0.3, -0.25) is 9.59 Å². The fourth-order valence-electron chi connectivity index (χ4n) is 3.90. The number of amides is 1. The summed E-state index contributed by atoms with van der Waals surface area (Å²) in [5, 5.41) is 2.53. The summed E-state index contributed by atoms with van der Waals surface area (Å²) in [7, 11) is -3.96. The van der Waals surface area contributed by atoms with Crippen LogP contribution in [0.1, 0.15) is 46.5 Å². The molecule has 2 rings (SSSR count). The van der Waals surface area contributed by atoms with Gasteiger partial charge in [0, 0.05) is 22.6 Å². The van der Waals surface area contributed by atoms with Crippen LogP contribution in [0.5, 0.6) is 0 Å². The van der Waals surface area contributed by atoms with Crippen LogP contribution in [-0.2, 0) is 11.2 Å². The predicted octanol–water partition coefficient (Wildman–Crippen LogP) is 2.67. The minimum atomic E-state index is -3.96. The summed E-state index contributed by atoms with van der Waals surface area (Å²) in [6, 6.07) is 15.7. The summed E-state index contributed by atoms with van der Waals surface area (Å²) in [5.41, 5.74) is 0.408. The highest BCUT2D eigenvalue weighted by molar-refractivity contribution is 6.65. The average Bonchev–Trinajstić information content (AvgIpc) is 2.72. The van der Waals surface area contributed by atoms with E-state index in [-0.39, 0.29) is 29.3 Å². The lowest BCUT2D eigenvalue weighted by Gasteiger charge is -2.34. The molecule has 7 heteroatoms. The van der Waals surface area contributed by atoms with E-state index in [0.717, 1.165) is 11.8 Å². The molecule has 6 nitrogen and oxygen atoms in total. The summed E-state index contributed by atoms with van der Waals surface area (Å²) in [5.74, 6) is -0.376. The van der Waals surface area contributed by atoms with Gasteiger partial charge in [-0.05, 0) is 30.4 Å². The lowest BCUT2D eigenvalue weighted by Crippen LogP contribution is -2.52.